The average molecular weight is 237 g/mol. The lowest BCUT2D eigenvalue weighted by molar-refractivity contribution is -0.245. The minimum Gasteiger partial charge on any atom is -0.344 e. The number of fused-ring (bicyclic) bond motifs is 3. The topological polar surface area (TPSA) is 48.3 Å². The van der Waals surface area contributed by atoms with Gasteiger partial charge in [-0.15, -0.1) is 0 Å². The zero-order valence-electron chi connectivity index (χ0n) is 10.1. The van der Waals surface area contributed by atoms with E-state index >= 15 is 0 Å². The predicted molar refractivity (Wildman–Crippen MR) is 64.1 cm³/mol. The molecule has 0 spiro atoms. The van der Waals surface area contributed by atoms with Gasteiger partial charge < -0.3 is 14.7 Å². The summed E-state index contributed by atoms with van der Waals surface area (Å²) in [4.78, 5) is 8.27. The van der Waals surface area contributed by atoms with E-state index in [0.717, 1.165) is 25.4 Å². The van der Waals surface area contributed by atoms with Gasteiger partial charge in [0.2, 0.25) is 0 Å². The number of hydrogen-bond acceptors (Lipinski definition) is 5. The van der Waals surface area contributed by atoms with Crippen molar-refractivity contribution < 1.29 is 9.84 Å². The lowest BCUT2D eigenvalue weighted by atomic mass is 9.85. The largest absolute Gasteiger partial charge is 0.344 e. The van der Waals surface area contributed by atoms with Gasteiger partial charge in [0, 0.05) is 32.6 Å². The molecule has 0 aliphatic carbocycles. The fraction of sp³-hybridized carbons (Fsp3) is 0.750. The van der Waals surface area contributed by atoms with Crippen LogP contribution in [0, 0.1) is 5.92 Å². The number of aliphatic hydroxyl groups is 1. The lowest BCUT2D eigenvalue weighted by Crippen LogP contribution is -2.63. The van der Waals surface area contributed by atoms with Crippen molar-refractivity contribution in [3.63, 3.8) is 0 Å². The maximum Gasteiger partial charge on any atom is 0.289 e. The summed E-state index contributed by atoms with van der Waals surface area (Å²) in [5.74, 6) is -0.602. The molecule has 0 amide bonds. The zero-order chi connectivity index (χ0) is 11.9. The van der Waals surface area contributed by atoms with E-state index < -0.39 is 5.91 Å². The second-order valence-electron chi connectivity index (χ2n) is 5.04. The summed E-state index contributed by atoms with van der Waals surface area (Å²) in [5, 5.41) is 10.4. The molecule has 4 aliphatic heterocycles. The molecular weight excluding hydrogens is 218 g/mol. The highest BCUT2D eigenvalue weighted by Crippen LogP contribution is 2.36. The van der Waals surface area contributed by atoms with Crippen molar-refractivity contribution in [2.45, 2.75) is 31.3 Å². The first-order valence-electron chi connectivity index (χ1n) is 6.24. The summed E-state index contributed by atoms with van der Waals surface area (Å²) < 4.78 is 5.21. The van der Waals surface area contributed by atoms with E-state index in [9.17, 15) is 5.11 Å². The van der Waals surface area contributed by atoms with E-state index in [4.69, 9.17) is 4.74 Å². The number of piperidine rings is 3. The van der Waals surface area contributed by atoms with E-state index in [0.29, 0.717) is 0 Å². The second kappa shape index (κ2) is 4.08. The molecule has 0 radical (unpaired) electrons. The van der Waals surface area contributed by atoms with Crippen molar-refractivity contribution in [2.24, 2.45) is 10.9 Å². The SMILES string of the molecule is COC1(O)C=NC=CN1C1CC2CCN1CC2. The number of ether oxygens (including phenoxy) is 1. The normalized spacial score (nSPS) is 44.4. The molecule has 3 fully saturated rings. The van der Waals surface area contributed by atoms with E-state index in [1.807, 2.05) is 11.1 Å². The third-order valence-corrected chi connectivity index (χ3v) is 4.16. The van der Waals surface area contributed by atoms with Crippen molar-refractivity contribution in [2.75, 3.05) is 20.2 Å². The molecule has 0 saturated carbocycles. The Morgan fingerprint density at radius 3 is 2.76 bits per heavy atom. The number of aliphatic imine (C=N–C) groups is 1. The molecule has 0 aromatic rings. The number of methoxy groups -OCH3 is 1. The Morgan fingerprint density at radius 2 is 2.18 bits per heavy atom. The number of hydrogen-bond donors (Lipinski definition) is 1. The Bertz CT molecular complexity index is 350. The number of nitrogens with zero attached hydrogens (tertiary/aromatic N) is 3. The molecule has 2 unspecified atom stereocenters. The zero-order valence-corrected chi connectivity index (χ0v) is 10.1. The van der Waals surface area contributed by atoms with Crippen LogP contribution in [0.15, 0.2) is 17.4 Å². The molecular formula is C12H19N3O2. The van der Waals surface area contributed by atoms with Crippen LogP contribution in [0.4, 0.5) is 0 Å². The molecule has 1 N–H and O–H groups in total. The van der Waals surface area contributed by atoms with Crippen molar-refractivity contribution in [1.82, 2.24) is 9.80 Å². The third-order valence-electron chi connectivity index (χ3n) is 4.16. The molecule has 17 heavy (non-hydrogen) atoms. The fourth-order valence-corrected chi connectivity index (χ4v) is 3.12. The van der Waals surface area contributed by atoms with Gasteiger partial charge in [-0.25, -0.2) is 0 Å². The van der Waals surface area contributed by atoms with Gasteiger partial charge in [-0.3, -0.25) is 9.89 Å². The van der Waals surface area contributed by atoms with Gasteiger partial charge in [0.05, 0.1) is 12.4 Å². The second-order valence-corrected chi connectivity index (χ2v) is 5.04. The highest BCUT2D eigenvalue weighted by molar-refractivity contribution is 5.67. The fourth-order valence-electron chi connectivity index (χ4n) is 3.12. The third kappa shape index (κ3) is 1.78. The minimum atomic E-state index is -1.39. The van der Waals surface area contributed by atoms with Crippen LogP contribution in [0.3, 0.4) is 0 Å². The molecule has 2 atom stereocenters. The summed E-state index contributed by atoms with van der Waals surface area (Å²) in [6.07, 6.45) is 8.89. The molecule has 4 aliphatic rings. The first-order chi connectivity index (χ1) is 8.23. The quantitative estimate of drug-likeness (QED) is 0.714. The highest BCUT2D eigenvalue weighted by Gasteiger charge is 2.44. The maximum atomic E-state index is 10.4. The minimum absolute atomic E-state index is 0.232. The summed E-state index contributed by atoms with van der Waals surface area (Å²) in [6, 6.07) is 0. The van der Waals surface area contributed by atoms with Gasteiger partial charge in [-0.1, -0.05) is 0 Å². The maximum absolute atomic E-state index is 10.4. The van der Waals surface area contributed by atoms with Crippen LogP contribution in [-0.4, -0.2) is 53.4 Å². The molecule has 94 valence electrons. The van der Waals surface area contributed by atoms with Gasteiger partial charge in [-0.2, -0.15) is 0 Å². The summed E-state index contributed by atoms with van der Waals surface area (Å²) in [5.41, 5.74) is 0. The lowest BCUT2D eigenvalue weighted by Gasteiger charge is -2.52. The van der Waals surface area contributed by atoms with Crippen molar-refractivity contribution in [3.05, 3.63) is 12.4 Å². The van der Waals surface area contributed by atoms with Gasteiger partial charge >= 0.3 is 0 Å². The molecule has 2 bridgehead atoms. The van der Waals surface area contributed by atoms with Gasteiger partial charge in [0.1, 0.15) is 0 Å². The standard InChI is InChI=1S/C12H19N3O2/c1-17-12(16)9-13-4-7-15(12)11-8-10-2-5-14(11)6-3-10/h4,7,9-11,16H,2-3,5-6,8H2,1H3. The molecule has 5 nitrogen and oxygen atoms in total. The van der Waals surface area contributed by atoms with Crippen LogP contribution in [0.1, 0.15) is 19.3 Å². The average Bonchev–Trinajstić information content (AvgIpc) is 2.40. The van der Waals surface area contributed by atoms with Crippen molar-refractivity contribution in [1.29, 1.82) is 0 Å². The Labute approximate surface area is 101 Å². The summed E-state index contributed by atoms with van der Waals surface area (Å²) >= 11 is 0. The van der Waals surface area contributed by atoms with Crippen LogP contribution in [-0.2, 0) is 4.74 Å². The van der Waals surface area contributed by atoms with E-state index in [1.165, 1.54) is 26.2 Å². The van der Waals surface area contributed by atoms with E-state index in [2.05, 4.69) is 9.89 Å². The van der Waals surface area contributed by atoms with Gasteiger partial charge in [-0.05, 0) is 25.2 Å². The van der Waals surface area contributed by atoms with Crippen LogP contribution in [0.25, 0.3) is 0 Å². The van der Waals surface area contributed by atoms with Crippen molar-refractivity contribution in [3.8, 4) is 0 Å². The molecule has 4 rings (SSSR count). The Hall–Kier alpha value is -0.910. The molecule has 0 aromatic carbocycles. The first kappa shape index (κ1) is 11.2. The van der Waals surface area contributed by atoms with Gasteiger partial charge in [0.25, 0.3) is 5.91 Å². The summed E-state index contributed by atoms with van der Waals surface area (Å²) in [6.45, 7) is 2.24. The number of rotatable bonds is 2. The Kier molecular flexibility index (Phi) is 2.69. The molecule has 0 aromatic heterocycles. The molecule has 4 heterocycles. The van der Waals surface area contributed by atoms with Crippen LogP contribution in [0.5, 0.6) is 0 Å². The van der Waals surface area contributed by atoms with Crippen LogP contribution in [0.2, 0.25) is 0 Å². The Morgan fingerprint density at radius 1 is 1.41 bits per heavy atom. The predicted octanol–water partition coefficient (Wildman–Crippen LogP) is 0.578. The van der Waals surface area contributed by atoms with Gasteiger partial charge in [0.15, 0.2) is 0 Å². The van der Waals surface area contributed by atoms with E-state index in [-0.39, 0.29) is 6.17 Å². The first-order valence-corrected chi connectivity index (χ1v) is 6.24. The van der Waals surface area contributed by atoms with Crippen LogP contribution >= 0.6 is 0 Å². The smallest absolute Gasteiger partial charge is 0.289 e. The molecule has 3 saturated heterocycles. The van der Waals surface area contributed by atoms with Crippen LogP contribution < -0.4 is 0 Å². The molecule has 5 heteroatoms. The highest BCUT2D eigenvalue weighted by atomic mass is 16.6. The Balaban J connectivity index is 1.83. The van der Waals surface area contributed by atoms with Crippen molar-refractivity contribution >= 4 is 6.21 Å². The van der Waals surface area contributed by atoms with E-state index in [1.54, 1.807) is 6.20 Å². The monoisotopic (exact) mass is 237 g/mol. The summed E-state index contributed by atoms with van der Waals surface area (Å²) in [7, 11) is 1.51.